The van der Waals surface area contributed by atoms with Crippen molar-refractivity contribution in [1.29, 1.82) is 0 Å². The van der Waals surface area contributed by atoms with Crippen LogP contribution in [0.15, 0.2) is 79.0 Å². The Kier molecular flexibility index (Phi) is 6.41. The first-order chi connectivity index (χ1) is 17.4. The third kappa shape index (κ3) is 4.20. The third-order valence-electron chi connectivity index (χ3n) is 6.84. The molecule has 4 aromatic rings. The van der Waals surface area contributed by atoms with Crippen molar-refractivity contribution in [2.24, 2.45) is 0 Å². The largest absolute Gasteiger partial charge is 0.497 e. The Balaban J connectivity index is 1.65. The van der Waals surface area contributed by atoms with Crippen molar-refractivity contribution in [3.8, 4) is 11.4 Å². The van der Waals surface area contributed by atoms with E-state index in [1.807, 2.05) is 36.5 Å². The van der Waals surface area contributed by atoms with Gasteiger partial charge in [-0.05, 0) is 86.2 Å². The molecule has 7 heteroatoms. The molecule has 1 saturated heterocycles. The van der Waals surface area contributed by atoms with Crippen molar-refractivity contribution in [3.05, 3.63) is 102 Å². The van der Waals surface area contributed by atoms with Gasteiger partial charge < -0.3 is 24.4 Å². The number of nitrogens with one attached hydrogen (secondary N) is 1. The summed E-state index contributed by atoms with van der Waals surface area (Å²) in [5.41, 5.74) is 7.79. The van der Waals surface area contributed by atoms with Gasteiger partial charge in [0.25, 0.3) is 0 Å². The van der Waals surface area contributed by atoms with Gasteiger partial charge in [0.1, 0.15) is 5.75 Å². The van der Waals surface area contributed by atoms with Crippen LogP contribution in [0.25, 0.3) is 5.69 Å². The molecule has 0 radical (unpaired) electrons. The fourth-order valence-electron chi connectivity index (χ4n) is 5.09. The highest BCUT2D eigenvalue weighted by Crippen LogP contribution is 2.44. The molecule has 2 aromatic heterocycles. The van der Waals surface area contributed by atoms with Crippen molar-refractivity contribution >= 4 is 28.7 Å². The van der Waals surface area contributed by atoms with Gasteiger partial charge in [-0.25, -0.2) is 0 Å². The molecule has 1 aliphatic rings. The summed E-state index contributed by atoms with van der Waals surface area (Å²) in [4.78, 5) is 8.99. The average molecular weight is 498 g/mol. The Bertz CT molecular complexity index is 1380. The van der Waals surface area contributed by atoms with E-state index < -0.39 is 0 Å². The molecule has 2 aromatic carbocycles. The van der Waals surface area contributed by atoms with Gasteiger partial charge in [-0.3, -0.25) is 4.98 Å². The van der Waals surface area contributed by atoms with Crippen LogP contribution >= 0.6 is 12.2 Å². The van der Waals surface area contributed by atoms with E-state index in [1.54, 1.807) is 7.11 Å². The van der Waals surface area contributed by atoms with Crippen LogP contribution in [-0.2, 0) is 0 Å². The lowest BCUT2D eigenvalue weighted by atomic mass is 9.96. The Labute approximate surface area is 218 Å². The number of nitrogens with zero attached hydrogens (tertiary/aromatic N) is 4. The smallest absolute Gasteiger partial charge is 0.174 e. The molecule has 0 amide bonds. The normalized spacial score (nSPS) is 17.2. The summed E-state index contributed by atoms with van der Waals surface area (Å²) in [5, 5.41) is 4.23. The van der Waals surface area contributed by atoms with Gasteiger partial charge in [-0.1, -0.05) is 12.1 Å². The number of rotatable bonds is 6. The Morgan fingerprint density at radius 2 is 1.72 bits per heavy atom. The van der Waals surface area contributed by atoms with Crippen LogP contribution in [0.5, 0.6) is 5.75 Å². The maximum absolute atomic E-state index is 5.91. The zero-order chi connectivity index (χ0) is 25.4. The maximum atomic E-state index is 5.91. The lowest BCUT2D eigenvalue weighted by Crippen LogP contribution is -2.29. The lowest BCUT2D eigenvalue weighted by molar-refractivity contribution is 0.415. The zero-order valence-electron chi connectivity index (χ0n) is 21.3. The molecule has 184 valence electrons. The molecule has 3 heterocycles. The van der Waals surface area contributed by atoms with Gasteiger partial charge in [0.15, 0.2) is 5.11 Å². The van der Waals surface area contributed by atoms with Crippen LogP contribution in [0.3, 0.4) is 0 Å². The van der Waals surface area contributed by atoms with Crippen molar-refractivity contribution in [2.75, 3.05) is 31.0 Å². The van der Waals surface area contributed by atoms with Gasteiger partial charge in [0, 0.05) is 54.8 Å². The molecule has 2 atom stereocenters. The predicted octanol–water partition coefficient (Wildman–Crippen LogP) is 5.74. The van der Waals surface area contributed by atoms with E-state index in [4.69, 9.17) is 21.9 Å². The van der Waals surface area contributed by atoms with Crippen LogP contribution in [0.2, 0.25) is 0 Å². The quantitative estimate of drug-likeness (QED) is 0.343. The minimum atomic E-state index is -0.102. The summed E-state index contributed by atoms with van der Waals surface area (Å²) in [6.45, 7) is 4.34. The van der Waals surface area contributed by atoms with Crippen LogP contribution in [-0.4, -0.2) is 35.9 Å². The highest BCUT2D eigenvalue weighted by molar-refractivity contribution is 7.80. The molecule has 0 spiro atoms. The van der Waals surface area contributed by atoms with Gasteiger partial charge >= 0.3 is 0 Å². The van der Waals surface area contributed by atoms with Crippen LogP contribution < -0.4 is 19.9 Å². The maximum Gasteiger partial charge on any atom is 0.174 e. The van der Waals surface area contributed by atoms with E-state index in [2.05, 4.69) is 90.1 Å². The molecular formula is C29H31N5OS. The Morgan fingerprint density at radius 1 is 0.944 bits per heavy atom. The molecule has 1 aliphatic heterocycles. The number of pyridine rings is 1. The second-order valence-electron chi connectivity index (χ2n) is 9.27. The first kappa shape index (κ1) is 23.9. The van der Waals surface area contributed by atoms with E-state index in [0.29, 0.717) is 5.11 Å². The number of hydrogen-bond acceptors (Lipinski definition) is 4. The number of ether oxygens (including phenoxy) is 1. The Hall–Kier alpha value is -3.84. The second-order valence-corrected chi connectivity index (χ2v) is 9.66. The summed E-state index contributed by atoms with van der Waals surface area (Å²) < 4.78 is 7.84. The topological polar surface area (TPSA) is 45.6 Å². The SMILES string of the molecule is COc1cccc(N2C(=S)N[C@@H](c3ccccn3)[C@@H]2c2cc(C)n(-c3ccc(N(C)C)cc3)c2C)c1. The molecular weight excluding hydrogens is 466 g/mol. The molecule has 1 N–H and O–H groups in total. The van der Waals surface area contributed by atoms with Crippen LogP contribution in [0, 0.1) is 13.8 Å². The number of anilines is 2. The van der Waals surface area contributed by atoms with Crippen LogP contribution in [0.1, 0.15) is 34.7 Å². The summed E-state index contributed by atoms with van der Waals surface area (Å²) in [6.07, 6.45) is 1.83. The minimum Gasteiger partial charge on any atom is -0.497 e. The Morgan fingerprint density at radius 3 is 2.39 bits per heavy atom. The number of aromatic nitrogens is 2. The van der Waals surface area contributed by atoms with E-state index >= 15 is 0 Å². The number of hydrogen-bond donors (Lipinski definition) is 1. The van der Waals surface area contributed by atoms with Gasteiger partial charge in [0.05, 0.1) is 24.9 Å². The van der Waals surface area contributed by atoms with E-state index in [-0.39, 0.29) is 12.1 Å². The third-order valence-corrected chi connectivity index (χ3v) is 7.16. The van der Waals surface area contributed by atoms with E-state index in [0.717, 1.165) is 22.8 Å². The predicted molar refractivity (Wildman–Crippen MR) is 150 cm³/mol. The monoisotopic (exact) mass is 497 g/mol. The minimum absolute atomic E-state index is 0.0829. The van der Waals surface area contributed by atoms with Gasteiger partial charge in [0.2, 0.25) is 0 Å². The molecule has 6 nitrogen and oxygen atoms in total. The molecule has 0 saturated carbocycles. The second kappa shape index (κ2) is 9.66. The van der Waals surface area contributed by atoms with Crippen molar-refractivity contribution < 1.29 is 4.74 Å². The fourth-order valence-corrected chi connectivity index (χ4v) is 5.44. The number of benzene rings is 2. The highest BCUT2D eigenvalue weighted by atomic mass is 32.1. The van der Waals surface area contributed by atoms with Crippen molar-refractivity contribution in [2.45, 2.75) is 25.9 Å². The first-order valence-electron chi connectivity index (χ1n) is 12.0. The molecule has 0 bridgehead atoms. The molecule has 1 fully saturated rings. The van der Waals surface area contributed by atoms with Crippen molar-refractivity contribution in [3.63, 3.8) is 0 Å². The van der Waals surface area contributed by atoms with E-state index in [1.165, 1.54) is 22.6 Å². The summed E-state index contributed by atoms with van der Waals surface area (Å²) in [5.74, 6) is 0.793. The number of aryl methyl sites for hydroxylation is 1. The molecule has 0 aliphatic carbocycles. The number of thiocarbonyl (C=S) groups is 1. The van der Waals surface area contributed by atoms with Gasteiger partial charge in [-0.15, -0.1) is 0 Å². The standard InChI is InChI=1S/C29H31N5OS/c1-19-17-25(20(2)33(19)22-14-12-21(13-15-22)32(3)4)28-27(26-11-6-7-16-30-26)31-29(36)34(28)23-9-8-10-24(18-23)35-5/h6-18,27-28H,1-5H3,(H,31,36)/t27-,28-/m0/s1. The first-order valence-corrected chi connectivity index (χ1v) is 12.4. The zero-order valence-corrected chi connectivity index (χ0v) is 22.1. The lowest BCUT2D eigenvalue weighted by Gasteiger charge is -2.28. The average Bonchev–Trinajstić information content (AvgIpc) is 3.39. The summed E-state index contributed by atoms with van der Waals surface area (Å²) in [6, 6.07) is 24.8. The summed E-state index contributed by atoms with van der Waals surface area (Å²) >= 11 is 5.91. The van der Waals surface area contributed by atoms with Crippen LogP contribution in [0.4, 0.5) is 11.4 Å². The fraction of sp³-hybridized carbons (Fsp3) is 0.241. The molecule has 5 rings (SSSR count). The van der Waals surface area contributed by atoms with Crippen molar-refractivity contribution in [1.82, 2.24) is 14.9 Å². The van der Waals surface area contributed by atoms with Gasteiger partial charge in [-0.2, -0.15) is 0 Å². The number of methoxy groups -OCH3 is 1. The highest BCUT2D eigenvalue weighted by Gasteiger charge is 2.42. The molecule has 0 unspecified atom stereocenters. The van der Waals surface area contributed by atoms with E-state index in [9.17, 15) is 0 Å². The summed E-state index contributed by atoms with van der Waals surface area (Å²) in [7, 11) is 5.80. The molecule has 36 heavy (non-hydrogen) atoms.